The number of hydrogen-bond donors (Lipinski definition) is 2. The van der Waals surface area contributed by atoms with Crippen molar-refractivity contribution in [1.29, 1.82) is 0 Å². The van der Waals surface area contributed by atoms with Gasteiger partial charge in [-0.1, -0.05) is 87.8 Å². The zero-order valence-corrected chi connectivity index (χ0v) is 27.4. The van der Waals surface area contributed by atoms with E-state index in [9.17, 15) is 19.2 Å². The van der Waals surface area contributed by atoms with Crippen LogP contribution in [0.15, 0.2) is 18.2 Å². The van der Waals surface area contributed by atoms with E-state index in [1.807, 2.05) is 32.0 Å². The highest BCUT2D eigenvalue weighted by molar-refractivity contribution is 6.68. The minimum atomic E-state index is -1.68. The number of cyclic esters (lactones) is 1. The van der Waals surface area contributed by atoms with Crippen molar-refractivity contribution in [3.63, 3.8) is 0 Å². The molecule has 0 spiro atoms. The molecular weight excluding hydrogens is 686 g/mol. The number of halogens is 7. The molecule has 0 aliphatic carbocycles. The predicted octanol–water partition coefficient (Wildman–Crippen LogP) is 3.68. The lowest BCUT2D eigenvalue weighted by Crippen LogP contribution is -2.63. The van der Waals surface area contributed by atoms with Crippen LogP contribution in [0.4, 0.5) is 5.69 Å². The van der Waals surface area contributed by atoms with Gasteiger partial charge >= 0.3 is 5.97 Å². The number of carbonyl (C=O) groups excluding carboxylic acids is 4. The summed E-state index contributed by atoms with van der Waals surface area (Å²) in [6.07, 6.45) is -0.103. The minimum absolute atomic E-state index is 0.155. The van der Waals surface area contributed by atoms with Gasteiger partial charge in [0.15, 0.2) is 0 Å². The predicted molar refractivity (Wildman–Crippen MR) is 163 cm³/mol. The normalized spacial score (nSPS) is 19.7. The molecule has 0 bridgehead atoms. The molecule has 1 aromatic rings. The van der Waals surface area contributed by atoms with Crippen molar-refractivity contribution >= 4 is 112 Å². The van der Waals surface area contributed by atoms with Gasteiger partial charge in [-0.15, -0.1) is 11.6 Å². The van der Waals surface area contributed by atoms with Crippen LogP contribution in [0.2, 0.25) is 0 Å². The fraction of sp³-hybridized carbons (Fsp3) is 0.583. The fourth-order valence-electron chi connectivity index (χ4n) is 4.62. The summed E-state index contributed by atoms with van der Waals surface area (Å²) >= 11 is 40.9. The van der Waals surface area contributed by atoms with Crippen molar-refractivity contribution in [3.8, 4) is 0 Å². The molecular formula is C24H30Cl7N5O5. The number of rotatable bonds is 9. The Morgan fingerprint density at radius 1 is 0.976 bits per heavy atom. The van der Waals surface area contributed by atoms with Gasteiger partial charge in [-0.2, -0.15) is 0 Å². The van der Waals surface area contributed by atoms with Gasteiger partial charge in [0.25, 0.3) is 0 Å². The zero-order valence-electron chi connectivity index (χ0n) is 22.1. The van der Waals surface area contributed by atoms with E-state index < -0.39 is 26.0 Å². The van der Waals surface area contributed by atoms with E-state index >= 15 is 0 Å². The number of nitrogens with zero attached hydrogens (tertiary/aromatic N) is 3. The van der Waals surface area contributed by atoms with E-state index in [2.05, 4.69) is 10.6 Å². The van der Waals surface area contributed by atoms with Crippen LogP contribution in [-0.2, 0) is 23.9 Å². The van der Waals surface area contributed by atoms with Crippen molar-refractivity contribution in [2.45, 2.75) is 46.2 Å². The Kier molecular flexibility index (Phi) is 14.3. The topological polar surface area (TPSA) is 111 Å². The molecule has 0 saturated carbocycles. The minimum Gasteiger partial charge on any atom is -0.464 e. The van der Waals surface area contributed by atoms with E-state index in [4.69, 9.17) is 85.9 Å². The molecule has 2 heterocycles. The number of aryl methyl sites for hydroxylation is 2. The molecule has 0 radical (unpaired) electrons. The largest absolute Gasteiger partial charge is 0.464 e. The first-order valence-corrected chi connectivity index (χ1v) is 15.1. The lowest BCUT2D eigenvalue weighted by molar-refractivity contribution is -0.140. The number of amides is 3. The van der Waals surface area contributed by atoms with Crippen molar-refractivity contribution in [3.05, 3.63) is 29.3 Å². The Labute approximate surface area is 273 Å². The standard InChI is InChI=1S/C14H16ClNO3.C10H14Cl6N4O2/c1-9-4-3-5-10(2)13(9)16(12(17)8-15)11-6-7-19-14(11)18;11-9(12,13)7(17-5-21)19-1-2-20(4-3-19)8(18-6-22)10(14,15)16/h3-5,11H,6-8H2,1-2H3;5-8H,1-4H2,(H,17,21)(H,18,22). The smallest absolute Gasteiger partial charge is 0.329 e. The summed E-state index contributed by atoms with van der Waals surface area (Å²) in [5, 5.41) is 4.95. The first-order chi connectivity index (χ1) is 19.2. The molecule has 230 valence electrons. The number of anilines is 1. The second-order valence-electron chi connectivity index (χ2n) is 9.14. The maximum absolute atomic E-state index is 12.1. The number of carbonyl (C=O) groups is 4. The van der Waals surface area contributed by atoms with Gasteiger partial charge < -0.3 is 15.4 Å². The lowest BCUT2D eigenvalue weighted by Gasteiger charge is -2.44. The quantitative estimate of drug-likeness (QED) is 0.228. The van der Waals surface area contributed by atoms with Gasteiger partial charge in [-0.3, -0.25) is 29.1 Å². The van der Waals surface area contributed by atoms with Crippen LogP contribution >= 0.6 is 81.2 Å². The van der Waals surface area contributed by atoms with Gasteiger partial charge in [0.1, 0.15) is 24.3 Å². The van der Waals surface area contributed by atoms with Crippen LogP contribution in [0.3, 0.4) is 0 Å². The average molecular weight is 717 g/mol. The fourth-order valence-corrected chi connectivity index (χ4v) is 5.96. The Morgan fingerprint density at radius 3 is 1.73 bits per heavy atom. The highest BCUT2D eigenvalue weighted by atomic mass is 35.6. The highest BCUT2D eigenvalue weighted by Crippen LogP contribution is 2.35. The number of piperazine rings is 1. The molecule has 10 nitrogen and oxygen atoms in total. The van der Waals surface area contributed by atoms with Crippen molar-refractivity contribution in [1.82, 2.24) is 20.4 Å². The number of nitrogens with one attached hydrogen (secondary N) is 2. The first-order valence-electron chi connectivity index (χ1n) is 12.3. The number of ether oxygens (including phenoxy) is 1. The molecule has 17 heteroatoms. The molecule has 2 aliphatic heterocycles. The number of hydrogen-bond acceptors (Lipinski definition) is 7. The Hall–Kier alpha value is -0.950. The summed E-state index contributed by atoms with van der Waals surface area (Å²) in [5.74, 6) is -0.790. The third kappa shape index (κ3) is 10.0. The van der Waals surface area contributed by atoms with E-state index in [1.54, 1.807) is 9.80 Å². The summed E-state index contributed by atoms with van der Waals surface area (Å²) in [5.41, 5.74) is 2.65. The van der Waals surface area contributed by atoms with Crippen LogP contribution < -0.4 is 15.5 Å². The third-order valence-electron chi connectivity index (χ3n) is 6.43. The molecule has 2 saturated heterocycles. The van der Waals surface area contributed by atoms with Crippen LogP contribution in [0, 0.1) is 13.8 Å². The summed E-state index contributed by atoms with van der Waals surface area (Å²) in [7, 11) is 0. The molecule has 0 aromatic heterocycles. The van der Waals surface area contributed by atoms with Crippen LogP contribution in [0.5, 0.6) is 0 Å². The van der Waals surface area contributed by atoms with Gasteiger partial charge in [-0.25, -0.2) is 4.79 Å². The zero-order chi connectivity index (χ0) is 31.0. The van der Waals surface area contributed by atoms with Gasteiger partial charge in [-0.05, 0) is 25.0 Å². The molecule has 3 atom stereocenters. The molecule has 3 rings (SSSR count). The molecule has 2 aliphatic rings. The van der Waals surface area contributed by atoms with Crippen LogP contribution in [-0.4, -0.2) is 99.1 Å². The molecule has 3 unspecified atom stereocenters. The van der Waals surface area contributed by atoms with Gasteiger partial charge in [0.2, 0.25) is 26.3 Å². The summed E-state index contributed by atoms with van der Waals surface area (Å²) in [6.45, 7) is 5.94. The van der Waals surface area contributed by atoms with Gasteiger partial charge in [0.05, 0.1) is 12.3 Å². The summed E-state index contributed by atoms with van der Waals surface area (Å²) in [6, 6.07) is 5.18. The summed E-state index contributed by atoms with van der Waals surface area (Å²) < 4.78 is 1.60. The number of benzene rings is 1. The first kappa shape index (κ1) is 36.2. The molecule has 41 heavy (non-hydrogen) atoms. The van der Waals surface area contributed by atoms with E-state index in [0.29, 0.717) is 52.0 Å². The third-order valence-corrected chi connectivity index (χ3v) is 7.90. The Morgan fingerprint density at radius 2 is 1.41 bits per heavy atom. The molecule has 2 fully saturated rings. The van der Waals surface area contributed by atoms with Crippen molar-refractivity contribution in [2.75, 3.05) is 43.6 Å². The van der Waals surface area contributed by atoms with E-state index in [1.165, 1.54) is 4.90 Å². The molecule has 2 N–H and O–H groups in total. The monoisotopic (exact) mass is 713 g/mol. The molecule has 1 aromatic carbocycles. The second-order valence-corrected chi connectivity index (χ2v) is 14.1. The van der Waals surface area contributed by atoms with Crippen LogP contribution in [0.1, 0.15) is 17.5 Å². The van der Waals surface area contributed by atoms with E-state index in [0.717, 1.165) is 16.8 Å². The maximum Gasteiger partial charge on any atom is 0.329 e. The van der Waals surface area contributed by atoms with Crippen LogP contribution in [0.25, 0.3) is 0 Å². The second kappa shape index (κ2) is 16.2. The number of esters is 1. The Balaban J connectivity index is 0.000000289. The SMILES string of the molecule is Cc1cccc(C)c1N(C(=O)CCl)C1CCOC1=O.O=CNC(N1CCN(C(NC=O)C(Cl)(Cl)Cl)CC1)C(Cl)(Cl)Cl. The Bertz CT molecular complexity index is 1010. The number of alkyl halides is 7. The molecule has 3 amide bonds. The average Bonchev–Trinajstić information content (AvgIpc) is 3.32. The van der Waals surface area contributed by atoms with Crippen molar-refractivity contribution in [2.24, 2.45) is 0 Å². The highest BCUT2D eigenvalue weighted by Gasteiger charge is 2.42. The van der Waals surface area contributed by atoms with E-state index in [-0.39, 0.29) is 17.8 Å². The lowest BCUT2D eigenvalue weighted by atomic mass is 10.0. The number of para-hydroxylation sites is 1. The summed E-state index contributed by atoms with van der Waals surface area (Å²) in [4.78, 5) is 50.3. The van der Waals surface area contributed by atoms with Gasteiger partial charge in [0, 0.05) is 32.6 Å². The maximum atomic E-state index is 12.1. The van der Waals surface area contributed by atoms with Crippen molar-refractivity contribution < 1.29 is 23.9 Å².